The second kappa shape index (κ2) is 6.65. The number of hydrogen-bond acceptors (Lipinski definition) is 4. The molecule has 22 heavy (non-hydrogen) atoms. The summed E-state index contributed by atoms with van der Waals surface area (Å²) in [5.74, 6) is -0.802. The maximum atomic E-state index is 12.2. The Balaban J connectivity index is 2.88. The first kappa shape index (κ1) is 18.4. The predicted octanol–water partition coefficient (Wildman–Crippen LogP) is 4.06. The lowest BCUT2D eigenvalue weighted by molar-refractivity contribution is -0.143. The molecule has 0 heterocycles. The molecule has 0 aliphatic heterocycles. The van der Waals surface area contributed by atoms with Crippen molar-refractivity contribution >= 4 is 20.1 Å². The molecule has 1 aromatic carbocycles. The van der Waals surface area contributed by atoms with E-state index in [0.717, 1.165) is 5.75 Å². The van der Waals surface area contributed by atoms with Crippen LogP contribution in [-0.4, -0.2) is 27.2 Å². The van der Waals surface area contributed by atoms with Crippen molar-refractivity contribution in [2.24, 2.45) is 5.92 Å². The summed E-state index contributed by atoms with van der Waals surface area (Å²) in [5.41, 5.74) is 0.487. The van der Waals surface area contributed by atoms with Gasteiger partial charge in [-0.25, -0.2) is 0 Å². The van der Waals surface area contributed by atoms with Crippen LogP contribution >= 0.6 is 0 Å². The summed E-state index contributed by atoms with van der Waals surface area (Å²) in [6, 6.07) is 6.98. The molecule has 122 valence electrons. The van der Waals surface area contributed by atoms with Crippen LogP contribution in [0, 0.1) is 5.92 Å². The molecule has 0 aromatic heterocycles. The van der Waals surface area contributed by atoms with Gasteiger partial charge in [0.2, 0.25) is 8.32 Å². The Kier molecular flexibility index (Phi) is 5.57. The lowest BCUT2D eigenvalue weighted by Gasteiger charge is -2.36. The standard InChI is InChI=1S/C17H26O4Si/c1-12(16(19)20-5)15(18)13-8-10-14(11-9-13)21-22(6,7)17(2,3)4/h8-12H,1-7H3. The van der Waals surface area contributed by atoms with Crippen molar-refractivity contribution in [2.45, 2.75) is 45.8 Å². The van der Waals surface area contributed by atoms with Crippen LogP contribution in [0.2, 0.25) is 18.1 Å². The molecular weight excluding hydrogens is 296 g/mol. The fraction of sp³-hybridized carbons (Fsp3) is 0.529. The van der Waals surface area contributed by atoms with Gasteiger partial charge >= 0.3 is 5.97 Å². The molecule has 0 bridgehead atoms. The molecule has 1 unspecified atom stereocenters. The smallest absolute Gasteiger partial charge is 0.316 e. The van der Waals surface area contributed by atoms with Crippen molar-refractivity contribution in [1.29, 1.82) is 0 Å². The normalized spacial score (nSPS) is 13.4. The zero-order valence-electron chi connectivity index (χ0n) is 14.5. The van der Waals surface area contributed by atoms with Gasteiger partial charge in [-0.05, 0) is 49.3 Å². The molecule has 0 aliphatic rings. The maximum Gasteiger partial charge on any atom is 0.316 e. The van der Waals surface area contributed by atoms with Crippen molar-refractivity contribution in [3.63, 3.8) is 0 Å². The first-order chi connectivity index (χ1) is 9.99. The van der Waals surface area contributed by atoms with Gasteiger partial charge in [0.1, 0.15) is 11.7 Å². The van der Waals surface area contributed by atoms with Crippen LogP contribution in [0.15, 0.2) is 24.3 Å². The number of carbonyl (C=O) groups is 2. The number of ether oxygens (including phenoxy) is 1. The summed E-state index contributed by atoms with van der Waals surface area (Å²) in [7, 11) is -0.615. The van der Waals surface area contributed by atoms with E-state index in [1.54, 1.807) is 31.2 Å². The zero-order valence-corrected chi connectivity index (χ0v) is 15.5. The lowest BCUT2D eigenvalue weighted by Crippen LogP contribution is -2.43. The highest BCUT2D eigenvalue weighted by Crippen LogP contribution is 2.37. The Labute approximate surface area is 134 Å². The van der Waals surface area contributed by atoms with Crippen LogP contribution in [0.1, 0.15) is 38.1 Å². The van der Waals surface area contributed by atoms with Crippen molar-refractivity contribution in [2.75, 3.05) is 7.11 Å². The lowest BCUT2D eigenvalue weighted by atomic mass is 9.99. The fourth-order valence-corrected chi connectivity index (χ4v) is 2.70. The van der Waals surface area contributed by atoms with E-state index in [0.29, 0.717) is 5.56 Å². The summed E-state index contributed by atoms with van der Waals surface area (Å²) >= 11 is 0. The number of carbonyl (C=O) groups excluding carboxylic acids is 2. The van der Waals surface area contributed by atoms with Crippen molar-refractivity contribution in [3.05, 3.63) is 29.8 Å². The third-order valence-corrected chi connectivity index (χ3v) is 8.62. The molecule has 0 fully saturated rings. The molecule has 1 rings (SSSR count). The molecule has 0 saturated heterocycles. The van der Waals surface area contributed by atoms with Crippen molar-refractivity contribution in [1.82, 2.24) is 0 Å². The summed E-state index contributed by atoms with van der Waals surface area (Å²) in [6.45, 7) is 12.4. The molecule has 5 heteroatoms. The summed E-state index contributed by atoms with van der Waals surface area (Å²) < 4.78 is 10.8. The van der Waals surface area contributed by atoms with Gasteiger partial charge in [0.05, 0.1) is 7.11 Å². The second-order valence-corrected chi connectivity index (χ2v) is 11.7. The molecule has 1 aromatic rings. The third kappa shape index (κ3) is 4.19. The quantitative estimate of drug-likeness (QED) is 0.355. The first-order valence-corrected chi connectivity index (χ1v) is 10.3. The molecular formula is C17H26O4Si. The van der Waals surface area contributed by atoms with Crippen LogP contribution in [-0.2, 0) is 9.53 Å². The number of rotatable bonds is 5. The van der Waals surface area contributed by atoms with Crippen LogP contribution in [0.25, 0.3) is 0 Å². The minimum Gasteiger partial charge on any atom is -0.544 e. The molecule has 0 aliphatic carbocycles. The molecule has 0 saturated carbocycles. The molecule has 0 spiro atoms. The molecule has 1 atom stereocenters. The fourth-order valence-electron chi connectivity index (χ4n) is 1.67. The minimum absolute atomic E-state index is 0.112. The SMILES string of the molecule is COC(=O)C(C)C(=O)c1ccc(O[Si](C)(C)C(C)(C)C)cc1. The van der Waals surface area contributed by atoms with E-state index in [4.69, 9.17) is 4.43 Å². The van der Waals surface area contributed by atoms with E-state index < -0.39 is 20.2 Å². The van der Waals surface area contributed by atoms with E-state index >= 15 is 0 Å². The summed E-state index contributed by atoms with van der Waals surface area (Å²) in [4.78, 5) is 23.6. The van der Waals surface area contributed by atoms with Gasteiger partial charge in [-0.15, -0.1) is 0 Å². The van der Waals surface area contributed by atoms with Gasteiger partial charge in [-0.2, -0.15) is 0 Å². The van der Waals surface area contributed by atoms with E-state index in [2.05, 4.69) is 38.6 Å². The van der Waals surface area contributed by atoms with Crippen molar-refractivity contribution < 1.29 is 18.8 Å². The second-order valence-electron chi connectivity index (χ2n) is 7.00. The van der Waals surface area contributed by atoms with E-state index in [1.807, 2.05) is 0 Å². The average molecular weight is 322 g/mol. The maximum absolute atomic E-state index is 12.2. The Hall–Kier alpha value is -1.62. The van der Waals surface area contributed by atoms with Gasteiger partial charge < -0.3 is 9.16 Å². The number of hydrogen-bond donors (Lipinski definition) is 0. The van der Waals surface area contributed by atoms with E-state index in [1.165, 1.54) is 7.11 Å². The number of esters is 1. The number of Topliss-reactive ketones (excluding diaryl/α,β-unsaturated/α-hetero) is 1. The highest BCUT2D eigenvalue weighted by molar-refractivity contribution is 6.74. The van der Waals surface area contributed by atoms with Gasteiger partial charge in [-0.3, -0.25) is 9.59 Å². The van der Waals surface area contributed by atoms with Crippen LogP contribution in [0.3, 0.4) is 0 Å². The third-order valence-electron chi connectivity index (χ3n) is 4.27. The predicted molar refractivity (Wildman–Crippen MR) is 89.8 cm³/mol. The largest absolute Gasteiger partial charge is 0.544 e. The van der Waals surface area contributed by atoms with Gasteiger partial charge in [-0.1, -0.05) is 20.8 Å². The number of methoxy groups -OCH3 is 1. The topological polar surface area (TPSA) is 52.6 Å². The highest BCUT2D eigenvalue weighted by atomic mass is 28.4. The molecule has 0 N–H and O–H groups in total. The summed E-state index contributed by atoms with van der Waals surface area (Å²) in [6.07, 6.45) is 0. The Morgan fingerprint density at radius 1 is 1.09 bits per heavy atom. The zero-order chi connectivity index (χ0) is 17.1. The Morgan fingerprint density at radius 3 is 2.00 bits per heavy atom. The molecule has 0 amide bonds. The monoisotopic (exact) mass is 322 g/mol. The van der Waals surface area contributed by atoms with Crippen LogP contribution < -0.4 is 4.43 Å². The Bertz CT molecular complexity index is 541. The first-order valence-electron chi connectivity index (χ1n) is 7.40. The minimum atomic E-state index is -1.89. The van der Waals surface area contributed by atoms with Crippen LogP contribution in [0.4, 0.5) is 0 Å². The summed E-state index contributed by atoms with van der Waals surface area (Å²) in [5, 5.41) is 0.112. The highest BCUT2D eigenvalue weighted by Gasteiger charge is 2.39. The van der Waals surface area contributed by atoms with Gasteiger partial charge in [0.15, 0.2) is 5.78 Å². The van der Waals surface area contributed by atoms with Crippen LogP contribution in [0.5, 0.6) is 5.75 Å². The van der Waals surface area contributed by atoms with E-state index in [-0.39, 0.29) is 10.8 Å². The molecule has 0 radical (unpaired) electrons. The molecule has 4 nitrogen and oxygen atoms in total. The number of ketones is 1. The van der Waals surface area contributed by atoms with Crippen molar-refractivity contribution in [3.8, 4) is 5.75 Å². The Morgan fingerprint density at radius 2 is 1.59 bits per heavy atom. The number of benzene rings is 1. The van der Waals surface area contributed by atoms with Gasteiger partial charge in [0, 0.05) is 5.56 Å². The van der Waals surface area contributed by atoms with Gasteiger partial charge in [0.25, 0.3) is 0 Å². The van der Waals surface area contributed by atoms with E-state index in [9.17, 15) is 9.59 Å². The average Bonchev–Trinajstić information content (AvgIpc) is 2.44.